The monoisotopic (exact) mass is 206 g/mol. The number of piperidine rings is 1. The number of pyridine rings is 1. The highest BCUT2D eigenvalue weighted by atomic mass is 16.3. The topological polar surface area (TPSA) is 45.2 Å². The van der Waals surface area contributed by atoms with Gasteiger partial charge < -0.3 is 10.4 Å². The minimum atomic E-state index is -0.704. The lowest BCUT2D eigenvalue weighted by Gasteiger charge is -2.38. The molecule has 1 saturated heterocycles. The molecule has 3 nitrogen and oxygen atoms in total. The second-order valence-corrected chi connectivity index (χ2v) is 4.53. The van der Waals surface area contributed by atoms with Gasteiger partial charge in [-0.3, -0.25) is 4.98 Å². The van der Waals surface area contributed by atoms with Gasteiger partial charge in [0.15, 0.2) is 0 Å². The Morgan fingerprint density at radius 2 is 2.33 bits per heavy atom. The second kappa shape index (κ2) is 3.91. The maximum absolute atomic E-state index is 10.7. The van der Waals surface area contributed by atoms with Crippen LogP contribution in [0.2, 0.25) is 0 Å². The van der Waals surface area contributed by atoms with Crippen LogP contribution in [0.4, 0.5) is 0 Å². The summed E-state index contributed by atoms with van der Waals surface area (Å²) >= 11 is 0. The SMILES string of the molecule is Cc1cncc(C2(O)CCNCC2C)c1. The van der Waals surface area contributed by atoms with Gasteiger partial charge in [-0.25, -0.2) is 0 Å². The molecule has 0 bridgehead atoms. The third-order valence-corrected chi connectivity index (χ3v) is 3.32. The fraction of sp³-hybridized carbons (Fsp3) is 0.583. The van der Waals surface area contributed by atoms with E-state index in [2.05, 4.69) is 17.2 Å². The Bertz CT molecular complexity index is 353. The standard InChI is InChI=1S/C12H18N2O/c1-9-5-11(8-14-6-9)12(15)3-4-13-7-10(12)2/h5-6,8,10,13,15H,3-4,7H2,1-2H3. The number of nitrogens with zero attached hydrogens (tertiary/aromatic N) is 1. The van der Waals surface area contributed by atoms with Crippen LogP contribution in [0.3, 0.4) is 0 Å². The number of nitrogens with one attached hydrogen (secondary N) is 1. The Kier molecular flexibility index (Phi) is 2.76. The number of hydrogen-bond donors (Lipinski definition) is 2. The zero-order valence-electron chi connectivity index (χ0n) is 9.33. The molecular weight excluding hydrogens is 188 g/mol. The third-order valence-electron chi connectivity index (χ3n) is 3.32. The molecule has 0 spiro atoms. The molecule has 2 rings (SSSR count). The summed E-state index contributed by atoms with van der Waals surface area (Å²) in [5.41, 5.74) is 1.35. The van der Waals surface area contributed by atoms with Crippen molar-refractivity contribution in [2.45, 2.75) is 25.9 Å². The van der Waals surface area contributed by atoms with Crippen molar-refractivity contribution in [2.75, 3.05) is 13.1 Å². The number of rotatable bonds is 1. The van der Waals surface area contributed by atoms with Crippen molar-refractivity contribution >= 4 is 0 Å². The zero-order chi connectivity index (χ0) is 10.9. The van der Waals surface area contributed by atoms with Crippen LogP contribution < -0.4 is 5.32 Å². The Morgan fingerprint density at radius 3 is 3.00 bits per heavy atom. The number of aryl methyl sites for hydroxylation is 1. The van der Waals surface area contributed by atoms with Crippen LogP contribution in [0.15, 0.2) is 18.5 Å². The highest BCUT2D eigenvalue weighted by molar-refractivity contribution is 5.24. The van der Waals surface area contributed by atoms with Crippen molar-refractivity contribution < 1.29 is 5.11 Å². The Hall–Kier alpha value is -0.930. The average Bonchev–Trinajstić information content (AvgIpc) is 2.23. The van der Waals surface area contributed by atoms with E-state index >= 15 is 0 Å². The molecular formula is C12H18N2O. The van der Waals surface area contributed by atoms with Crippen molar-refractivity contribution in [3.05, 3.63) is 29.6 Å². The van der Waals surface area contributed by atoms with Gasteiger partial charge in [0.05, 0.1) is 5.60 Å². The van der Waals surface area contributed by atoms with Gasteiger partial charge in [-0.15, -0.1) is 0 Å². The summed E-state index contributed by atoms with van der Waals surface area (Å²) in [7, 11) is 0. The van der Waals surface area contributed by atoms with Gasteiger partial charge in [0.25, 0.3) is 0 Å². The Morgan fingerprint density at radius 1 is 1.53 bits per heavy atom. The van der Waals surface area contributed by atoms with E-state index in [1.807, 2.05) is 19.2 Å². The van der Waals surface area contributed by atoms with Gasteiger partial charge >= 0.3 is 0 Å². The quantitative estimate of drug-likeness (QED) is 0.726. The van der Waals surface area contributed by atoms with Gasteiger partial charge in [-0.05, 0) is 25.5 Å². The molecule has 82 valence electrons. The van der Waals surface area contributed by atoms with Crippen LogP contribution in [0.5, 0.6) is 0 Å². The lowest BCUT2D eigenvalue weighted by Crippen LogP contribution is -2.46. The molecule has 1 aromatic rings. The van der Waals surface area contributed by atoms with Crippen molar-refractivity contribution in [1.29, 1.82) is 0 Å². The molecule has 15 heavy (non-hydrogen) atoms. The van der Waals surface area contributed by atoms with E-state index in [0.29, 0.717) is 0 Å². The minimum absolute atomic E-state index is 0.231. The highest BCUT2D eigenvalue weighted by Gasteiger charge is 2.37. The molecule has 1 aliphatic heterocycles. The van der Waals surface area contributed by atoms with Gasteiger partial charge in [0.2, 0.25) is 0 Å². The molecule has 0 amide bonds. The van der Waals surface area contributed by atoms with E-state index in [0.717, 1.165) is 30.6 Å². The normalized spacial score (nSPS) is 31.5. The maximum atomic E-state index is 10.7. The smallest absolute Gasteiger partial charge is 0.0961 e. The average molecular weight is 206 g/mol. The van der Waals surface area contributed by atoms with Crippen molar-refractivity contribution in [2.24, 2.45) is 5.92 Å². The van der Waals surface area contributed by atoms with Crippen LogP contribution in [0.1, 0.15) is 24.5 Å². The number of hydrogen-bond acceptors (Lipinski definition) is 3. The summed E-state index contributed by atoms with van der Waals surface area (Å²) < 4.78 is 0. The van der Waals surface area contributed by atoms with Gasteiger partial charge in [-0.1, -0.05) is 13.0 Å². The van der Waals surface area contributed by atoms with E-state index in [4.69, 9.17) is 0 Å². The fourth-order valence-corrected chi connectivity index (χ4v) is 2.23. The van der Waals surface area contributed by atoms with Crippen LogP contribution in [-0.4, -0.2) is 23.2 Å². The van der Waals surface area contributed by atoms with E-state index in [1.54, 1.807) is 6.20 Å². The van der Waals surface area contributed by atoms with Crippen molar-refractivity contribution in [3.8, 4) is 0 Å². The van der Waals surface area contributed by atoms with E-state index in [-0.39, 0.29) is 5.92 Å². The maximum Gasteiger partial charge on any atom is 0.0961 e. The molecule has 0 radical (unpaired) electrons. The van der Waals surface area contributed by atoms with E-state index in [1.165, 1.54) is 0 Å². The molecule has 0 saturated carbocycles. The highest BCUT2D eigenvalue weighted by Crippen LogP contribution is 2.34. The van der Waals surface area contributed by atoms with Crippen LogP contribution in [-0.2, 0) is 5.60 Å². The fourth-order valence-electron chi connectivity index (χ4n) is 2.23. The van der Waals surface area contributed by atoms with Crippen LogP contribution in [0, 0.1) is 12.8 Å². The molecule has 2 unspecified atom stereocenters. The molecule has 1 fully saturated rings. The summed E-state index contributed by atoms with van der Waals surface area (Å²) in [6.45, 7) is 5.82. The summed E-state index contributed by atoms with van der Waals surface area (Å²) in [6, 6.07) is 2.04. The molecule has 3 heteroatoms. The summed E-state index contributed by atoms with van der Waals surface area (Å²) in [5.74, 6) is 0.231. The first-order valence-electron chi connectivity index (χ1n) is 5.48. The lowest BCUT2D eigenvalue weighted by atomic mass is 9.78. The molecule has 1 aromatic heterocycles. The van der Waals surface area contributed by atoms with Crippen molar-refractivity contribution in [1.82, 2.24) is 10.3 Å². The zero-order valence-corrected chi connectivity index (χ0v) is 9.33. The molecule has 0 aromatic carbocycles. The van der Waals surface area contributed by atoms with Gasteiger partial charge in [0, 0.05) is 30.4 Å². The molecule has 2 heterocycles. The molecule has 2 N–H and O–H groups in total. The summed E-state index contributed by atoms with van der Waals surface area (Å²) in [6.07, 6.45) is 4.37. The molecule has 2 atom stereocenters. The van der Waals surface area contributed by atoms with Crippen LogP contribution >= 0.6 is 0 Å². The molecule has 1 aliphatic rings. The van der Waals surface area contributed by atoms with E-state index in [9.17, 15) is 5.11 Å². The lowest BCUT2D eigenvalue weighted by molar-refractivity contribution is -0.0395. The van der Waals surface area contributed by atoms with Gasteiger partial charge in [-0.2, -0.15) is 0 Å². The van der Waals surface area contributed by atoms with Crippen molar-refractivity contribution in [3.63, 3.8) is 0 Å². The Balaban J connectivity index is 2.34. The predicted octanol–water partition coefficient (Wildman–Crippen LogP) is 1.21. The minimum Gasteiger partial charge on any atom is -0.385 e. The van der Waals surface area contributed by atoms with E-state index < -0.39 is 5.60 Å². The summed E-state index contributed by atoms with van der Waals surface area (Å²) in [5, 5.41) is 13.9. The largest absolute Gasteiger partial charge is 0.385 e. The van der Waals surface area contributed by atoms with Crippen LogP contribution in [0.25, 0.3) is 0 Å². The molecule has 0 aliphatic carbocycles. The first-order valence-corrected chi connectivity index (χ1v) is 5.48. The first-order chi connectivity index (χ1) is 7.13. The predicted molar refractivity (Wildman–Crippen MR) is 59.5 cm³/mol. The summed E-state index contributed by atoms with van der Waals surface area (Å²) in [4.78, 5) is 4.16. The first kappa shape index (κ1) is 10.6. The van der Waals surface area contributed by atoms with Gasteiger partial charge in [0.1, 0.15) is 0 Å². The third kappa shape index (κ3) is 1.90. The number of aliphatic hydroxyl groups is 1. The number of aromatic nitrogens is 1. The second-order valence-electron chi connectivity index (χ2n) is 4.53. The Labute approximate surface area is 90.5 Å².